The molecule has 0 atom stereocenters. The molecule has 0 unspecified atom stereocenters. The minimum absolute atomic E-state index is 0.0147. The molecular formula is C25H16Br2ClN3O4S. The van der Waals surface area contributed by atoms with Crippen molar-refractivity contribution in [1.29, 1.82) is 0 Å². The third kappa shape index (κ3) is 6.01. The molecule has 3 aromatic carbocycles. The Balaban J connectivity index is 1.61. The van der Waals surface area contributed by atoms with Gasteiger partial charge in [0.25, 0.3) is 17.7 Å². The molecular weight excluding hydrogens is 634 g/mol. The van der Waals surface area contributed by atoms with Crippen LogP contribution in [0.3, 0.4) is 0 Å². The van der Waals surface area contributed by atoms with Crippen LogP contribution in [0.15, 0.2) is 81.2 Å². The molecule has 1 heterocycles. The van der Waals surface area contributed by atoms with E-state index in [0.29, 0.717) is 30.9 Å². The van der Waals surface area contributed by atoms with Crippen molar-refractivity contribution < 1.29 is 19.1 Å². The Labute approximate surface area is 233 Å². The summed E-state index contributed by atoms with van der Waals surface area (Å²) in [5.74, 6) is -1.35. The van der Waals surface area contributed by atoms with Crippen LogP contribution >= 0.6 is 55.7 Å². The number of halogens is 3. The van der Waals surface area contributed by atoms with E-state index >= 15 is 0 Å². The quantitative estimate of drug-likeness (QED) is 0.203. The number of benzene rings is 3. The van der Waals surface area contributed by atoms with Crippen LogP contribution < -0.4 is 20.3 Å². The van der Waals surface area contributed by atoms with E-state index in [1.165, 1.54) is 11.0 Å². The van der Waals surface area contributed by atoms with Crippen LogP contribution in [0.2, 0.25) is 5.02 Å². The van der Waals surface area contributed by atoms with Crippen molar-refractivity contribution in [3.63, 3.8) is 0 Å². The number of rotatable bonds is 6. The number of carbonyl (C=O) groups excluding carboxylic acids is 3. The number of nitrogens with zero attached hydrogens (tertiary/aromatic N) is 1. The van der Waals surface area contributed by atoms with E-state index in [4.69, 9.17) is 28.6 Å². The molecule has 7 nitrogen and oxygen atoms in total. The average Bonchev–Trinajstić information content (AvgIpc) is 2.83. The van der Waals surface area contributed by atoms with Crippen molar-refractivity contribution in [1.82, 2.24) is 5.32 Å². The average molecular weight is 650 g/mol. The molecule has 3 aromatic rings. The summed E-state index contributed by atoms with van der Waals surface area (Å²) in [4.78, 5) is 39.7. The van der Waals surface area contributed by atoms with Crippen molar-refractivity contribution in [2.45, 2.75) is 0 Å². The van der Waals surface area contributed by atoms with Crippen molar-refractivity contribution in [3.05, 3.63) is 91.8 Å². The zero-order valence-electron chi connectivity index (χ0n) is 18.3. The van der Waals surface area contributed by atoms with Crippen LogP contribution in [0.5, 0.6) is 5.75 Å². The van der Waals surface area contributed by atoms with Gasteiger partial charge in [-0.3, -0.25) is 24.6 Å². The van der Waals surface area contributed by atoms with Crippen LogP contribution in [-0.4, -0.2) is 29.4 Å². The molecule has 11 heteroatoms. The fourth-order valence-electron chi connectivity index (χ4n) is 3.33. The van der Waals surface area contributed by atoms with Gasteiger partial charge in [-0.2, -0.15) is 0 Å². The second-order valence-corrected chi connectivity index (χ2v) is 10.0. The third-order valence-electron chi connectivity index (χ3n) is 4.93. The van der Waals surface area contributed by atoms with Gasteiger partial charge in [0.2, 0.25) is 0 Å². The van der Waals surface area contributed by atoms with Crippen LogP contribution in [0, 0.1) is 0 Å². The van der Waals surface area contributed by atoms with E-state index < -0.39 is 17.7 Å². The molecule has 1 aliphatic rings. The van der Waals surface area contributed by atoms with Crippen LogP contribution in [0.4, 0.5) is 11.4 Å². The lowest BCUT2D eigenvalue weighted by molar-refractivity contribution is -0.122. The molecule has 0 spiro atoms. The van der Waals surface area contributed by atoms with E-state index in [1.54, 1.807) is 60.7 Å². The molecule has 1 fully saturated rings. The highest BCUT2D eigenvalue weighted by Gasteiger charge is 2.34. The van der Waals surface area contributed by atoms with Gasteiger partial charge in [0, 0.05) is 20.7 Å². The van der Waals surface area contributed by atoms with Gasteiger partial charge in [-0.15, -0.1) is 0 Å². The van der Waals surface area contributed by atoms with Gasteiger partial charge in [0.1, 0.15) is 11.3 Å². The van der Waals surface area contributed by atoms with Crippen LogP contribution in [-0.2, 0) is 14.4 Å². The Hall–Kier alpha value is -3.05. The maximum atomic E-state index is 13.3. The fraction of sp³-hybridized carbons (Fsp3) is 0.0400. The maximum absolute atomic E-state index is 13.3. The Morgan fingerprint density at radius 2 is 1.78 bits per heavy atom. The van der Waals surface area contributed by atoms with E-state index in [0.717, 1.165) is 0 Å². The number of thiocarbonyl (C=S) groups is 1. The number of anilines is 2. The summed E-state index contributed by atoms with van der Waals surface area (Å²) in [5.41, 5.74) is 1.33. The number of hydrogen-bond acceptors (Lipinski definition) is 5. The zero-order chi connectivity index (χ0) is 25.8. The van der Waals surface area contributed by atoms with Gasteiger partial charge in [0.05, 0.1) is 10.2 Å². The summed E-state index contributed by atoms with van der Waals surface area (Å²) >= 11 is 17.9. The highest BCUT2D eigenvalue weighted by molar-refractivity contribution is 9.11. The Morgan fingerprint density at radius 3 is 2.47 bits per heavy atom. The number of nitrogens with one attached hydrogen (secondary N) is 2. The smallest absolute Gasteiger partial charge is 0.270 e. The first-order chi connectivity index (χ1) is 17.2. The minimum atomic E-state index is -0.639. The lowest BCUT2D eigenvalue weighted by atomic mass is 10.1. The predicted molar refractivity (Wildman–Crippen MR) is 150 cm³/mol. The molecule has 36 heavy (non-hydrogen) atoms. The monoisotopic (exact) mass is 647 g/mol. The van der Waals surface area contributed by atoms with Gasteiger partial charge in [-0.05, 0) is 82.8 Å². The van der Waals surface area contributed by atoms with Gasteiger partial charge in [-0.1, -0.05) is 45.7 Å². The van der Waals surface area contributed by atoms with Crippen LogP contribution in [0.1, 0.15) is 5.56 Å². The maximum Gasteiger partial charge on any atom is 0.270 e. The third-order valence-corrected chi connectivity index (χ3v) is 6.51. The fourth-order valence-corrected chi connectivity index (χ4v) is 5.11. The number of carbonyl (C=O) groups is 3. The number of amides is 3. The second-order valence-electron chi connectivity index (χ2n) is 7.44. The van der Waals surface area contributed by atoms with Crippen molar-refractivity contribution in [2.24, 2.45) is 0 Å². The zero-order valence-corrected chi connectivity index (χ0v) is 23.0. The molecule has 0 aromatic heterocycles. The van der Waals surface area contributed by atoms with E-state index in [9.17, 15) is 14.4 Å². The first kappa shape index (κ1) is 26.0. The molecule has 182 valence electrons. The molecule has 1 saturated heterocycles. The molecule has 4 rings (SSSR count). The summed E-state index contributed by atoms with van der Waals surface area (Å²) in [6.45, 7) is -0.320. The molecule has 0 aliphatic carbocycles. The molecule has 0 radical (unpaired) electrons. The van der Waals surface area contributed by atoms with Crippen molar-refractivity contribution in [3.8, 4) is 5.75 Å². The number of ether oxygens (including phenoxy) is 1. The summed E-state index contributed by atoms with van der Waals surface area (Å²) in [6.07, 6.45) is 1.40. The lowest BCUT2D eigenvalue weighted by Gasteiger charge is -2.29. The Morgan fingerprint density at radius 1 is 1.08 bits per heavy atom. The highest BCUT2D eigenvalue weighted by atomic mass is 79.9. The molecule has 2 N–H and O–H groups in total. The first-order valence-corrected chi connectivity index (χ1v) is 12.7. The Kier molecular flexibility index (Phi) is 8.20. The van der Waals surface area contributed by atoms with Gasteiger partial charge in [0.15, 0.2) is 11.7 Å². The Bertz CT molecular complexity index is 1400. The molecule has 0 bridgehead atoms. The number of hydrogen-bond donors (Lipinski definition) is 2. The SMILES string of the molecule is O=C(COc1c(Br)cc(Br)cc1/C=C1/C(=O)NC(=S)N(c2ccccc2)C1=O)Nc1ccc(Cl)cc1. The topological polar surface area (TPSA) is 87.7 Å². The normalized spacial score (nSPS) is 14.6. The standard InChI is InChI=1S/C25H16Br2ClN3O4S/c26-15-10-14(11-19-23(33)30-25(36)31(24(19)34)18-4-2-1-3-5-18)22(20(27)12-15)35-13-21(32)29-17-8-6-16(28)7-9-17/h1-12H,13H2,(H,29,32)(H,30,33,36)/b19-11-. The number of para-hydroxylation sites is 1. The largest absolute Gasteiger partial charge is 0.482 e. The molecule has 3 amide bonds. The highest BCUT2D eigenvalue weighted by Crippen LogP contribution is 2.35. The second kappa shape index (κ2) is 11.3. The molecule has 0 saturated carbocycles. The summed E-state index contributed by atoms with van der Waals surface area (Å²) < 4.78 is 6.97. The van der Waals surface area contributed by atoms with E-state index in [2.05, 4.69) is 42.5 Å². The molecule has 1 aliphatic heterocycles. The van der Waals surface area contributed by atoms with Gasteiger partial charge >= 0.3 is 0 Å². The minimum Gasteiger partial charge on any atom is -0.482 e. The summed E-state index contributed by atoms with van der Waals surface area (Å²) in [6, 6.07) is 18.8. The summed E-state index contributed by atoms with van der Waals surface area (Å²) in [5, 5.41) is 5.80. The van der Waals surface area contributed by atoms with E-state index in [1.807, 2.05) is 6.07 Å². The van der Waals surface area contributed by atoms with Gasteiger partial charge in [-0.25, -0.2) is 0 Å². The predicted octanol–water partition coefficient (Wildman–Crippen LogP) is 5.71. The lowest BCUT2D eigenvalue weighted by Crippen LogP contribution is -2.54. The first-order valence-electron chi connectivity index (χ1n) is 10.4. The summed E-state index contributed by atoms with van der Waals surface area (Å²) in [7, 11) is 0. The van der Waals surface area contributed by atoms with Crippen molar-refractivity contribution in [2.75, 3.05) is 16.8 Å². The van der Waals surface area contributed by atoms with Gasteiger partial charge < -0.3 is 10.1 Å². The van der Waals surface area contributed by atoms with E-state index in [-0.39, 0.29) is 23.0 Å². The van der Waals surface area contributed by atoms with Crippen LogP contribution in [0.25, 0.3) is 6.08 Å². The van der Waals surface area contributed by atoms with Crippen molar-refractivity contribution >= 4 is 96.0 Å².